The first-order chi connectivity index (χ1) is 7.51. The van der Waals surface area contributed by atoms with E-state index in [0.717, 1.165) is 13.0 Å². The van der Waals surface area contributed by atoms with E-state index in [1.165, 1.54) is 0 Å². The van der Waals surface area contributed by atoms with E-state index in [1.807, 2.05) is 6.92 Å². The lowest BCUT2D eigenvalue weighted by atomic mass is 9.78. The quantitative estimate of drug-likeness (QED) is 0.540. The minimum Gasteiger partial charge on any atom is -0.360 e. The molecule has 0 aliphatic carbocycles. The second-order valence-corrected chi connectivity index (χ2v) is 5.43. The van der Waals surface area contributed by atoms with Crippen LogP contribution in [-0.4, -0.2) is 36.1 Å². The van der Waals surface area contributed by atoms with Crippen LogP contribution in [0.1, 0.15) is 20.3 Å². The number of carbonyl (C=O) groups excluding carboxylic acids is 2. The smallest absolute Gasteiger partial charge is 0.256 e. The highest BCUT2D eigenvalue weighted by Gasteiger charge is 2.62. The van der Waals surface area contributed by atoms with Crippen LogP contribution in [0.4, 0.5) is 0 Å². The number of ether oxygens (including phenoxy) is 1. The van der Waals surface area contributed by atoms with E-state index in [0.29, 0.717) is 5.92 Å². The maximum atomic E-state index is 11.7. The summed E-state index contributed by atoms with van der Waals surface area (Å²) in [5.41, 5.74) is -0.375. The molecule has 88 valence electrons. The number of piperidine rings is 1. The normalized spacial score (nSPS) is 51.1. The summed E-state index contributed by atoms with van der Waals surface area (Å²) in [6.45, 7) is 5.03. The van der Waals surface area contributed by atoms with Crippen LogP contribution >= 0.6 is 0 Å². The van der Waals surface area contributed by atoms with Gasteiger partial charge >= 0.3 is 0 Å². The lowest BCUT2D eigenvalue weighted by molar-refractivity contribution is -0.137. The van der Waals surface area contributed by atoms with Gasteiger partial charge in [0.25, 0.3) is 5.91 Å². The lowest BCUT2D eigenvalue weighted by Crippen LogP contribution is -2.57. The van der Waals surface area contributed by atoms with Gasteiger partial charge in [-0.1, -0.05) is 6.92 Å². The average Bonchev–Trinajstić information content (AvgIpc) is 2.61. The van der Waals surface area contributed by atoms with Crippen LogP contribution < -0.4 is 10.6 Å². The van der Waals surface area contributed by atoms with Crippen molar-refractivity contribution in [3.63, 3.8) is 0 Å². The van der Waals surface area contributed by atoms with Crippen molar-refractivity contribution in [2.75, 3.05) is 6.54 Å². The zero-order valence-electron chi connectivity index (χ0n) is 9.45. The summed E-state index contributed by atoms with van der Waals surface area (Å²) in [6, 6.07) is -0.0276. The number of imide groups is 1. The molecule has 0 saturated carbocycles. The molecule has 3 fully saturated rings. The molecule has 0 aromatic carbocycles. The van der Waals surface area contributed by atoms with Gasteiger partial charge in [-0.05, 0) is 25.8 Å². The molecule has 0 bridgehead atoms. The molecule has 2 N–H and O–H groups in total. The average molecular weight is 224 g/mol. The van der Waals surface area contributed by atoms with E-state index < -0.39 is 6.10 Å². The highest BCUT2D eigenvalue weighted by molar-refractivity contribution is 6.07. The highest BCUT2D eigenvalue weighted by atomic mass is 16.5. The molecule has 5 atom stereocenters. The van der Waals surface area contributed by atoms with Crippen molar-refractivity contribution in [2.45, 2.75) is 38.0 Å². The predicted molar refractivity (Wildman–Crippen MR) is 55.5 cm³/mol. The Kier molecular flexibility index (Phi) is 1.95. The van der Waals surface area contributed by atoms with Gasteiger partial charge in [0.2, 0.25) is 5.91 Å². The molecule has 0 aromatic heterocycles. The SMILES string of the molecule is C[C@@H]1CN[C@H]2[C@H]3C(=O)NC(=O)[C@H]3O[C@@]2(C)C1. The topological polar surface area (TPSA) is 67.4 Å². The van der Waals surface area contributed by atoms with Gasteiger partial charge in [-0.2, -0.15) is 0 Å². The molecule has 3 aliphatic heterocycles. The molecule has 3 heterocycles. The fourth-order valence-corrected chi connectivity index (χ4v) is 3.38. The fourth-order valence-electron chi connectivity index (χ4n) is 3.38. The summed E-state index contributed by atoms with van der Waals surface area (Å²) < 4.78 is 5.83. The first-order valence-electron chi connectivity index (χ1n) is 5.77. The third-order valence-electron chi connectivity index (χ3n) is 3.99. The Morgan fingerprint density at radius 2 is 2.12 bits per heavy atom. The number of hydrogen-bond donors (Lipinski definition) is 2. The molecular formula is C11H16N2O3. The number of amides is 2. The molecule has 0 unspecified atom stereocenters. The van der Waals surface area contributed by atoms with E-state index in [9.17, 15) is 9.59 Å². The van der Waals surface area contributed by atoms with Crippen molar-refractivity contribution < 1.29 is 14.3 Å². The van der Waals surface area contributed by atoms with Crippen molar-refractivity contribution in [3.8, 4) is 0 Å². The Hall–Kier alpha value is -0.940. The van der Waals surface area contributed by atoms with Crippen LogP contribution in [0, 0.1) is 11.8 Å². The molecule has 0 radical (unpaired) electrons. The van der Waals surface area contributed by atoms with E-state index in [2.05, 4.69) is 17.6 Å². The Morgan fingerprint density at radius 3 is 2.88 bits per heavy atom. The summed E-state index contributed by atoms with van der Waals surface area (Å²) in [4.78, 5) is 23.2. The van der Waals surface area contributed by atoms with Crippen molar-refractivity contribution in [3.05, 3.63) is 0 Å². The molecule has 0 aromatic rings. The van der Waals surface area contributed by atoms with Crippen molar-refractivity contribution in [1.29, 1.82) is 0 Å². The monoisotopic (exact) mass is 224 g/mol. The maximum Gasteiger partial charge on any atom is 0.256 e. The zero-order chi connectivity index (χ0) is 11.5. The van der Waals surface area contributed by atoms with Gasteiger partial charge in [0, 0.05) is 0 Å². The van der Waals surface area contributed by atoms with Gasteiger partial charge in [-0.3, -0.25) is 14.9 Å². The lowest BCUT2D eigenvalue weighted by Gasteiger charge is -2.40. The predicted octanol–water partition coefficient (Wildman–Crippen LogP) is -0.585. The third-order valence-corrected chi connectivity index (χ3v) is 3.99. The number of fused-ring (bicyclic) bond motifs is 3. The third kappa shape index (κ3) is 1.18. The van der Waals surface area contributed by atoms with Gasteiger partial charge in [0.1, 0.15) is 0 Å². The van der Waals surface area contributed by atoms with Gasteiger partial charge in [0.15, 0.2) is 6.10 Å². The standard InChI is InChI=1S/C11H16N2O3/c1-5-3-11(2)8(12-4-5)6-7(16-11)10(15)13-9(6)14/h5-8,12H,3-4H2,1-2H3,(H,13,14,15)/t5-,6-,7-,8-,11-/m0/s1. The Labute approximate surface area is 93.9 Å². The van der Waals surface area contributed by atoms with Gasteiger partial charge in [0.05, 0.1) is 17.6 Å². The summed E-state index contributed by atoms with van der Waals surface area (Å²) in [5, 5.41) is 5.69. The van der Waals surface area contributed by atoms with Crippen molar-refractivity contribution in [1.82, 2.24) is 10.6 Å². The Bertz CT molecular complexity index is 370. The van der Waals surface area contributed by atoms with Crippen molar-refractivity contribution in [2.24, 2.45) is 11.8 Å². The molecule has 16 heavy (non-hydrogen) atoms. The van der Waals surface area contributed by atoms with Gasteiger partial charge in [-0.15, -0.1) is 0 Å². The van der Waals surface area contributed by atoms with E-state index in [1.54, 1.807) is 0 Å². The van der Waals surface area contributed by atoms with Crippen LogP contribution in [0.15, 0.2) is 0 Å². The van der Waals surface area contributed by atoms with Gasteiger partial charge in [-0.25, -0.2) is 0 Å². The largest absolute Gasteiger partial charge is 0.360 e. The molecule has 5 heteroatoms. The number of nitrogens with one attached hydrogen (secondary N) is 2. The van der Waals surface area contributed by atoms with Gasteiger partial charge < -0.3 is 10.1 Å². The van der Waals surface area contributed by atoms with E-state index in [-0.39, 0.29) is 29.4 Å². The molecule has 3 rings (SSSR count). The second kappa shape index (κ2) is 3.05. The Morgan fingerprint density at radius 1 is 1.38 bits per heavy atom. The number of rotatable bonds is 0. The van der Waals surface area contributed by atoms with E-state index >= 15 is 0 Å². The van der Waals surface area contributed by atoms with Crippen molar-refractivity contribution >= 4 is 11.8 Å². The number of carbonyl (C=O) groups is 2. The molecule has 3 aliphatic rings. The number of hydrogen-bond acceptors (Lipinski definition) is 4. The fraction of sp³-hybridized carbons (Fsp3) is 0.818. The summed E-state index contributed by atoms with van der Waals surface area (Å²) in [6.07, 6.45) is 0.318. The zero-order valence-corrected chi connectivity index (χ0v) is 9.45. The first-order valence-corrected chi connectivity index (χ1v) is 5.77. The maximum absolute atomic E-state index is 11.7. The van der Waals surface area contributed by atoms with Crippen LogP contribution in [0.5, 0.6) is 0 Å². The summed E-state index contributed by atoms with van der Waals surface area (Å²) in [5.74, 6) is -0.297. The minimum atomic E-state index is -0.583. The molecule has 2 amide bonds. The van der Waals surface area contributed by atoms with E-state index in [4.69, 9.17) is 4.74 Å². The highest BCUT2D eigenvalue weighted by Crippen LogP contribution is 2.43. The Balaban J connectivity index is 1.94. The second-order valence-electron chi connectivity index (χ2n) is 5.43. The van der Waals surface area contributed by atoms with Crippen LogP contribution in [-0.2, 0) is 14.3 Å². The van der Waals surface area contributed by atoms with Crippen LogP contribution in [0.3, 0.4) is 0 Å². The molecule has 5 nitrogen and oxygen atoms in total. The molecule has 3 saturated heterocycles. The molecular weight excluding hydrogens is 208 g/mol. The summed E-state index contributed by atoms with van der Waals surface area (Å²) >= 11 is 0. The van der Waals surface area contributed by atoms with Crippen LogP contribution in [0.2, 0.25) is 0 Å². The van der Waals surface area contributed by atoms with Crippen LogP contribution in [0.25, 0.3) is 0 Å². The first kappa shape index (κ1) is 10.2. The summed E-state index contributed by atoms with van der Waals surface area (Å²) in [7, 11) is 0. The minimum absolute atomic E-state index is 0.0276. The molecule has 0 spiro atoms.